The van der Waals surface area contributed by atoms with Crippen molar-refractivity contribution in [1.82, 2.24) is 0 Å². The van der Waals surface area contributed by atoms with E-state index in [0.717, 1.165) is 22.2 Å². The molecule has 0 heterocycles. The molecule has 4 heteroatoms. The van der Waals surface area contributed by atoms with Crippen LogP contribution < -0.4 is 0 Å². The minimum Gasteiger partial charge on any atom is -0.511 e. The fraction of sp³-hybridized carbons (Fsp3) is 0.167. The normalized spacial score (nSPS) is 11.6. The largest absolute Gasteiger partial charge is 0.511 e. The van der Waals surface area contributed by atoms with Crippen molar-refractivity contribution in [3.8, 4) is 6.07 Å². The quantitative estimate of drug-likeness (QED) is 0.369. The Hall–Kier alpha value is -1.73. The summed E-state index contributed by atoms with van der Waals surface area (Å²) in [5, 5.41) is 17.4. The Kier molecular flexibility index (Phi) is 4.15. The van der Waals surface area contributed by atoms with E-state index in [9.17, 15) is 4.79 Å². The van der Waals surface area contributed by atoms with Gasteiger partial charge in [-0.2, -0.15) is 5.26 Å². The number of allylic oxidation sites excluding steroid dienone is 1. The number of aliphatic hydroxyl groups is 1. The molecule has 0 aliphatic carbocycles. The van der Waals surface area contributed by atoms with Crippen LogP contribution in [0.1, 0.15) is 12.5 Å². The van der Waals surface area contributed by atoms with Gasteiger partial charge in [0.1, 0.15) is 17.4 Å². The molecular weight excluding hydrogens is 222 g/mol. The van der Waals surface area contributed by atoms with Crippen molar-refractivity contribution in [2.45, 2.75) is 18.7 Å². The van der Waals surface area contributed by atoms with Crippen LogP contribution in [0, 0.1) is 18.3 Å². The summed E-state index contributed by atoms with van der Waals surface area (Å²) in [5.74, 6) is -0.243. The van der Waals surface area contributed by atoms with Gasteiger partial charge in [0.2, 0.25) is 5.12 Å². The first-order valence-corrected chi connectivity index (χ1v) is 5.45. The van der Waals surface area contributed by atoms with Gasteiger partial charge in [-0.25, -0.2) is 0 Å². The number of nitrogens with zero attached hydrogens (tertiary/aromatic N) is 1. The first-order valence-electron chi connectivity index (χ1n) is 4.63. The monoisotopic (exact) mass is 233 g/mol. The number of carbonyl (C=O) groups excluding carboxylic acids is 1. The molecule has 82 valence electrons. The minimum atomic E-state index is -0.439. The molecular formula is C12H11NO2S. The van der Waals surface area contributed by atoms with E-state index in [0.29, 0.717) is 0 Å². The van der Waals surface area contributed by atoms with Crippen molar-refractivity contribution in [3.63, 3.8) is 0 Å². The molecule has 1 N–H and O–H groups in total. The van der Waals surface area contributed by atoms with E-state index in [2.05, 4.69) is 0 Å². The number of nitriles is 1. The van der Waals surface area contributed by atoms with Crippen molar-refractivity contribution < 1.29 is 9.90 Å². The number of carbonyl (C=O) groups is 1. The second-order valence-corrected chi connectivity index (χ2v) is 4.32. The van der Waals surface area contributed by atoms with Crippen molar-refractivity contribution in [2.24, 2.45) is 0 Å². The highest BCUT2D eigenvalue weighted by molar-refractivity contribution is 8.14. The molecule has 0 bridgehead atoms. The van der Waals surface area contributed by atoms with Crippen molar-refractivity contribution in [3.05, 3.63) is 41.2 Å². The molecule has 0 amide bonds. The average molecular weight is 233 g/mol. The molecule has 0 aliphatic heterocycles. The summed E-state index contributed by atoms with van der Waals surface area (Å²) in [7, 11) is 0. The fourth-order valence-electron chi connectivity index (χ4n) is 1.04. The van der Waals surface area contributed by atoms with E-state index in [-0.39, 0.29) is 11.3 Å². The van der Waals surface area contributed by atoms with Gasteiger partial charge >= 0.3 is 0 Å². The maximum absolute atomic E-state index is 11.6. The Morgan fingerprint density at radius 3 is 2.38 bits per heavy atom. The number of hydrogen-bond donors (Lipinski definition) is 1. The maximum Gasteiger partial charge on any atom is 0.238 e. The zero-order chi connectivity index (χ0) is 12.1. The maximum atomic E-state index is 11.6. The number of rotatable bonds is 2. The molecule has 1 aromatic carbocycles. The van der Waals surface area contributed by atoms with Crippen molar-refractivity contribution >= 4 is 16.9 Å². The van der Waals surface area contributed by atoms with Gasteiger partial charge in [-0.15, -0.1) is 0 Å². The first kappa shape index (κ1) is 12.3. The fourth-order valence-corrected chi connectivity index (χ4v) is 1.82. The van der Waals surface area contributed by atoms with Crippen molar-refractivity contribution in [1.29, 1.82) is 5.26 Å². The zero-order valence-electron chi connectivity index (χ0n) is 9.02. The van der Waals surface area contributed by atoms with Crippen LogP contribution in [0.15, 0.2) is 40.5 Å². The van der Waals surface area contributed by atoms with E-state index < -0.39 is 5.12 Å². The lowest BCUT2D eigenvalue weighted by Crippen LogP contribution is -1.98. The molecule has 0 saturated heterocycles. The van der Waals surface area contributed by atoms with Crippen LogP contribution in [0.3, 0.4) is 0 Å². The predicted octanol–water partition coefficient (Wildman–Crippen LogP) is 2.97. The van der Waals surface area contributed by atoms with Gasteiger partial charge < -0.3 is 5.11 Å². The number of thioether (sulfide) groups is 1. The van der Waals surface area contributed by atoms with Gasteiger partial charge in [0.05, 0.1) is 0 Å². The van der Waals surface area contributed by atoms with Crippen LogP contribution in [-0.2, 0) is 4.79 Å². The molecule has 16 heavy (non-hydrogen) atoms. The van der Waals surface area contributed by atoms with Gasteiger partial charge in [0.15, 0.2) is 0 Å². The molecule has 1 aromatic rings. The summed E-state index contributed by atoms with van der Waals surface area (Å²) in [6, 6.07) is 9.07. The van der Waals surface area contributed by atoms with E-state index in [1.165, 1.54) is 6.92 Å². The summed E-state index contributed by atoms with van der Waals surface area (Å²) < 4.78 is 0. The molecule has 0 spiro atoms. The van der Waals surface area contributed by atoms with Crippen LogP contribution in [-0.4, -0.2) is 10.2 Å². The van der Waals surface area contributed by atoms with Crippen LogP contribution in [0.5, 0.6) is 0 Å². The highest BCUT2D eigenvalue weighted by Crippen LogP contribution is 2.23. The van der Waals surface area contributed by atoms with E-state index in [4.69, 9.17) is 10.4 Å². The molecule has 1 rings (SSSR count). The zero-order valence-corrected chi connectivity index (χ0v) is 9.84. The third-order valence-corrected chi connectivity index (χ3v) is 2.81. The molecule has 0 atom stereocenters. The minimum absolute atomic E-state index is 0.203. The second-order valence-electron chi connectivity index (χ2n) is 3.27. The van der Waals surface area contributed by atoms with Gasteiger partial charge in [-0.1, -0.05) is 17.7 Å². The predicted molar refractivity (Wildman–Crippen MR) is 63.0 cm³/mol. The molecule has 0 saturated carbocycles. The van der Waals surface area contributed by atoms with Gasteiger partial charge in [-0.05, 0) is 37.7 Å². The topological polar surface area (TPSA) is 61.1 Å². The summed E-state index contributed by atoms with van der Waals surface area (Å²) in [5.41, 5.74) is 0.900. The Labute approximate surface area is 98.4 Å². The molecule has 0 fully saturated rings. The lowest BCUT2D eigenvalue weighted by atomic mass is 10.2. The summed E-state index contributed by atoms with van der Waals surface area (Å²) in [6.45, 7) is 3.28. The number of aliphatic hydroxyl groups excluding tert-OH is 1. The SMILES string of the molecule is CC(O)=C(C#N)C(=O)Sc1ccc(C)cc1. The second kappa shape index (κ2) is 5.38. The van der Waals surface area contributed by atoms with E-state index in [1.54, 1.807) is 18.2 Å². The molecule has 0 radical (unpaired) electrons. The third-order valence-electron chi connectivity index (χ3n) is 1.91. The first-order chi connectivity index (χ1) is 7.54. The summed E-state index contributed by atoms with van der Waals surface area (Å²) >= 11 is 0.934. The van der Waals surface area contributed by atoms with Crippen molar-refractivity contribution in [2.75, 3.05) is 0 Å². The Morgan fingerprint density at radius 1 is 1.38 bits per heavy atom. The number of aryl methyl sites for hydroxylation is 1. The molecule has 0 aliphatic rings. The van der Waals surface area contributed by atoms with Crippen LogP contribution in [0.25, 0.3) is 0 Å². The van der Waals surface area contributed by atoms with Crippen LogP contribution in [0.4, 0.5) is 0 Å². The summed E-state index contributed by atoms with van der Waals surface area (Å²) in [6.07, 6.45) is 0. The Bertz CT molecular complexity index is 465. The molecule has 3 nitrogen and oxygen atoms in total. The highest BCUT2D eigenvalue weighted by atomic mass is 32.2. The number of hydrogen-bond acceptors (Lipinski definition) is 4. The van der Waals surface area contributed by atoms with Gasteiger partial charge in [-0.3, -0.25) is 4.79 Å². The third kappa shape index (κ3) is 3.14. The smallest absolute Gasteiger partial charge is 0.238 e. The van der Waals surface area contributed by atoms with Crippen LogP contribution in [0.2, 0.25) is 0 Å². The van der Waals surface area contributed by atoms with Gasteiger partial charge in [0.25, 0.3) is 0 Å². The number of benzene rings is 1. The Morgan fingerprint density at radius 2 is 1.94 bits per heavy atom. The lowest BCUT2D eigenvalue weighted by molar-refractivity contribution is -0.107. The Balaban J connectivity index is 2.84. The standard InChI is InChI=1S/C12H11NO2S/c1-8-3-5-10(6-4-8)16-12(15)11(7-13)9(2)14/h3-6,14H,1-2H3. The molecule has 0 unspecified atom stereocenters. The van der Waals surface area contributed by atoms with Crippen LogP contribution >= 0.6 is 11.8 Å². The van der Waals surface area contributed by atoms with Gasteiger partial charge in [0, 0.05) is 4.90 Å². The van der Waals surface area contributed by atoms with E-state index in [1.807, 2.05) is 19.1 Å². The lowest BCUT2D eigenvalue weighted by Gasteiger charge is -2.00. The average Bonchev–Trinajstić information content (AvgIpc) is 2.22. The highest BCUT2D eigenvalue weighted by Gasteiger charge is 2.13. The van der Waals surface area contributed by atoms with E-state index >= 15 is 0 Å². The summed E-state index contributed by atoms with van der Waals surface area (Å²) in [4.78, 5) is 12.3. The molecule has 0 aromatic heterocycles.